The lowest BCUT2D eigenvalue weighted by molar-refractivity contribution is 0.312. The maximum atomic E-state index is 5.89. The van der Waals surface area contributed by atoms with Gasteiger partial charge in [-0.15, -0.1) is 0 Å². The van der Waals surface area contributed by atoms with Crippen LogP contribution in [0.25, 0.3) is 0 Å². The first kappa shape index (κ1) is 49.2. The van der Waals surface area contributed by atoms with Crippen molar-refractivity contribution in [2.45, 2.75) is 60.3 Å². The zero-order valence-corrected chi connectivity index (χ0v) is 31.9. The molecule has 9 heteroatoms. The second-order valence-electron chi connectivity index (χ2n) is 12.3. The third-order valence-corrected chi connectivity index (χ3v) is 6.94. The number of allylic oxidation sites excluding steroid dienone is 1. The molecule has 0 saturated carbocycles. The standard InChI is InChI=1S/C14H29N5.C11H16N2.C7H8.C4H10.2C2H5N/c1-12(6-4-7-15)13(2)18-8-5-9-19(11-10-18)14(16)17-3;1-9(13)11(8-12)7-10-5-3-2-4-6-10;1-7-5-3-2-4-6-7;1-4(2)3;2*1-2-3/h12H,2,4-11,15H2,1,3H3,(H2,16,17);2-6,11H,1,7-8,12-13H2;2-6H,1H3;4H,1-3H3;2*2H,1,3H2. The highest BCUT2D eigenvalue weighted by molar-refractivity contribution is 5.77. The Hall–Kier alpha value is -4.21. The summed E-state index contributed by atoms with van der Waals surface area (Å²) in [7, 11) is 1.74. The van der Waals surface area contributed by atoms with Crippen LogP contribution in [0.3, 0.4) is 0 Å². The molecule has 2 unspecified atom stereocenters. The molecule has 1 fully saturated rings. The maximum absolute atomic E-state index is 5.89. The average molecular weight is 680 g/mol. The van der Waals surface area contributed by atoms with Crippen LogP contribution in [-0.4, -0.2) is 62.1 Å². The molecule has 1 heterocycles. The van der Waals surface area contributed by atoms with Gasteiger partial charge in [-0.25, -0.2) is 0 Å². The van der Waals surface area contributed by atoms with Gasteiger partial charge in [0.1, 0.15) is 0 Å². The number of rotatable bonds is 9. The van der Waals surface area contributed by atoms with Crippen molar-refractivity contribution in [2.75, 3.05) is 46.3 Å². The second kappa shape index (κ2) is 33.7. The van der Waals surface area contributed by atoms with Gasteiger partial charge in [-0.05, 0) is 69.0 Å². The fourth-order valence-electron chi connectivity index (χ4n) is 4.28. The lowest BCUT2D eigenvalue weighted by Gasteiger charge is -2.29. The quantitative estimate of drug-likeness (QED) is 0.139. The van der Waals surface area contributed by atoms with Gasteiger partial charge in [-0.2, -0.15) is 0 Å². The van der Waals surface area contributed by atoms with Gasteiger partial charge in [0.2, 0.25) is 0 Å². The molecule has 49 heavy (non-hydrogen) atoms. The summed E-state index contributed by atoms with van der Waals surface area (Å²) in [4.78, 5) is 8.61. The van der Waals surface area contributed by atoms with Crippen molar-refractivity contribution in [2.24, 2.45) is 57.1 Å². The number of nitrogens with two attached hydrogens (primary N) is 6. The molecular weight excluding hydrogens is 607 g/mol. The Morgan fingerprint density at radius 1 is 0.816 bits per heavy atom. The van der Waals surface area contributed by atoms with Crippen LogP contribution in [0.5, 0.6) is 0 Å². The van der Waals surface area contributed by atoms with Gasteiger partial charge in [-0.1, -0.05) is 120 Å². The van der Waals surface area contributed by atoms with Crippen LogP contribution < -0.4 is 34.4 Å². The van der Waals surface area contributed by atoms with Crippen molar-refractivity contribution in [1.82, 2.24) is 9.80 Å². The van der Waals surface area contributed by atoms with E-state index in [9.17, 15) is 0 Å². The third-order valence-electron chi connectivity index (χ3n) is 6.94. The lowest BCUT2D eigenvalue weighted by Crippen LogP contribution is -2.40. The van der Waals surface area contributed by atoms with Crippen LogP contribution in [0.15, 0.2) is 116 Å². The summed E-state index contributed by atoms with van der Waals surface area (Å²) in [5.41, 5.74) is 36.4. The number of nitrogens with zero attached hydrogens (tertiary/aromatic N) is 3. The fraction of sp³-hybridized carbons (Fsp3) is 0.475. The molecule has 0 radical (unpaired) electrons. The van der Waals surface area contributed by atoms with E-state index in [1.807, 2.05) is 36.4 Å². The molecule has 0 aliphatic carbocycles. The van der Waals surface area contributed by atoms with E-state index in [0.29, 0.717) is 24.1 Å². The lowest BCUT2D eigenvalue weighted by atomic mass is 9.97. The Balaban J connectivity index is -0.000000605. The Bertz CT molecular complexity index is 1090. The Kier molecular flexibility index (Phi) is 33.8. The van der Waals surface area contributed by atoms with E-state index in [2.05, 4.69) is 111 Å². The van der Waals surface area contributed by atoms with Crippen LogP contribution in [0.2, 0.25) is 0 Å². The molecular formula is C40H73N9. The van der Waals surface area contributed by atoms with Gasteiger partial charge in [0.25, 0.3) is 0 Å². The summed E-state index contributed by atoms with van der Waals surface area (Å²) in [6.45, 7) is 30.3. The van der Waals surface area contributed by atoms with Crippen molar-refractivity contribution in [3.05, 3.63) is 122 Å². The van der Waals surface area contributed by atoms with Gasteiger partial charge in [0.15, 0.2) is 5.96 Å². The van der Waals surface area contributed by atoms with Crippen LogP contribution in [0.4, 0.5) is 0 Å². The third kappa shape index (κ3) is 29.6. The molecule has 0 bridgehead atoms. The number of benzene rings is 2. The smallest absolute Gasteiger partial charge is 0.191 e. The van der Waals surface area contributed by atoms with Gasteiger partial charge >= 0.3 is 0 Å². The number of guanidine groups is 1. The van der Waals surface area contributed by atoms with Gasteiger partial charge in [-0.3, -0.25) is 4.99 Å². The van der Waals surface area contributed by atoms with E-state index in [4.69, 9.17) is 22.9 Å². The molecule has 9 nitrogen and oxygen atoms in total. The fourth-order valence-corrected chi connectivity index (χ4v) is 4.28. The Morgan fingerprint density at radius 3 is 1.65 bits per heavy atom. The molecule has 3 rings (SSSR count). The van der Waals surface area contributed by atoms with Crippen molar-refractivity contribution in [1.29, 1.82) is 0 Å². The first-order valence-electron chi connectivity index (χ1n) is 17.3. The molecule has 0 amide bonds. The molecule has 0 aromatic heterocycles. The molecule has 278 valence electrons. The van der Waals surface area contributed by atoms with Crippen molar-refractivity contribution in [3.8, 4) is 0 Å². The van der Waals surface area contributed by atoms with Crippen molar-refractivity contribution < 1.29 is 0 Å². The van der Waals surface area contributed by atoms with Crippen LogP contribution in [-0.2, 0) is 6.42 Å². The Morgan fingerprint density at radius 2 is 1.27 bits per heavy atom. The molecule has 2 aromatic carbocycles. The minimum Gasteiger partial charge on any atom is -0.405 e. The molecule has 1 aliphatic heterocycles. The summed E-state index contributed by atoms with van der Waals surface area (Å²) in [6, 6.07) is 20.4. The summed E-state index contributed by atoms with van der Waals surface area (Å²) in [6.07, 6.45) is 6.66. The number of hydrogen-bond donors (Lipinski definition) is 6. The summed E-state index contributed by atoms with van der Waals surface area (Å²) >= 11 is 0. The zero-order chi connectivity index (χ0) is 38.0. The van der Waals surface area contributed by atoms with Gasteiger partial charge in [0, 0.05) is 57.1 Å². The highest BCUT2D eigenvalue weighted by atomic mass is 15.3. The SMILES string of the molecule is C=C(C(C)CCCN)N1CCCN(C(N)=NC)CC1.C=C(N)C(CN)Cc1ccccc1.C=CN.C=CN.CC(C)C.Cc1ccccc1. The molecule has 2 aromatic rings. The summed E-state index contributed by atoms with van der Waals surface area (Å²) < 4.78 is 0. The first-order valence-corrected chi connectivity index (χ1v) is 17.3. The maximum Gasteiger partial charge on any atom is 0.191 e. The highest BCUT2D eigenvalue weighted by Gasteiger charge is 2.19. The molecule has 2 atom stereocenters. The van der Waals surface area contributed by atoms with E-state index in [-0.39, 0.29) is 5.92 Å². The van der Waals surface area contributed by atoms with E-state index >= 15 is 0 Å². The monoisotopic (exact) mass is 680 g/mol. The van der Waals surface area contributed by atoms with Crippen LogP contribution >= 0.6 is 0 Å². The van der Waals surface area contributed by atoms with Crippen molar-refractivity contribution >= 4 is 5.96 Å². The predicted molar refractivity (Wildman–Crippen MR) is 218 cm³/mol. The Labute approximate surface area is 300 Å². The normalized spacial score (nSPS) is 13.2. The molecule has 12 N–H and O–H groups in total. The molecule has 0 spiro atoms. The van der Waals surface area contributed by atoms with E-state index in [1.54, 1.807) is 7.05 Å². The van der Waals surface area contributed by atoms with E-state index in [1.165, 1.54) is 29.2 Å². The van der Waals surface area contributed by atoms with E-state index < -0.39 is 0 Å². The number of hydrogen-bond acceptors (Lipinski definition) is 7. The minimum absolute atomic E-state index is 0.197. The highest BCUT2D eigenvalue weighted by Crippen LogP contribution is 2.20. The zero-order valence-electron chi connectivity index (χ0n) is 31.9. The number of aryl methyl sites for hydroxylation is 1. The van der Waals surface area contributed by atoms with Crippen molar-refractivity contribution in [3.63, 3.8) is 0 Å². The average Bonchev–Trinajstić information content (AvgIpc) is 3.34. The predicted octanol–water partition coefficient (Wildman–Crippen LogP) is 5.94. The van der Waals surface area contributed by atoms with Crippen LogP contribution in [0, 0.1) is 24.7 Å². The molecule has 1 saturated heterocycles. The van der Waals surface area contributed by atoms with Crippen LogP contribution in [0.1, 0.15) is 58.1 Å². The first-order chi connectivity index (χ1) is 23.3. The molecule has 1 aliphatic rings. The minimum atomic E-state index is 0.197. The van der Waals surface area contributed by atoms with E-state index in [0.717, 1.165) is 64.3 Å². The topological polar surface area (TPSA) is 175 Å². The number of aliphatic imine (C=N–C) groups is 1. The summed E-state index contributed by atoms with van der Waals surface area (Å²) in [5.74, 6) is 2.18. The largest absolute Gasteiger partial charge is 0.405 e. The van der Waals surface area contributed by atoms with Gasteiger partial charge in [0.05, 0.1) is 0 Å². The van der Waals surface area contributed by atoms with Gasteiger partial charge < -0.3 is 44.2 Å². The second-order valence-corrected chi connectivity index (χ2v) is 12.3. The summed E-state index contributed by atoms with van der Waals surface area (Å²) in [5, 5.41) is 0.